The fourth-order valence-electron chi connectivity index (χ4n) is 4.65. The number of ether oxygens (including phenoxy) is 3. The second-order valence-electron chi connectivity index (χ2n) is 9.33. The fraction of sp³-hybridized carbons (Fsp3) is 0.462. The summed E-state index contributed by atoms with van der Waals surface area (Å²) < 4.78 is 45.1. The van der Waals surface area contributed by atoms with E-state index in [4.69, 9.17) is 19.2 Å². The normalized spacial score (nSPS) is 20.1. The van der Waals surface area contributed by atoms with Gasteiger partial charge in [-0.3, -0.25) is 9.69 Å². The Kier molecular flexibility index (Phi) is 7.77. The van der Waals surface area contributed by atoms with Gasteiger partial charge < -0.3 is 14.2 Å². The van der Waals surface area contributed by atoms with Crippen LogP contribution >= 0.6 is 11.3 Å². The third kappa shape index (κ3) is 5.65. The molecule has 3 aromatic rings. The van der Waals surface area contributed by atoms with Crippen LogP contribution in [0.5, 0.6) is 5.75 Å². The number of anilines is 1. The number of nitrogens with zero attached hydrogens (tertiary/aromatic N) is 3. The van der Waals surface area contributed by atoms with E-state index in [2.05, 4.69) is 0 Å². The predicted molar refractivity (Wildman–Crippen MR) is 142 cm³/mol. The van der Waals surface area contributed by atoms with Crippen LogP contribution in [0.3, 0.4) is 0 Å². The molecule has 0 spiro atoms. The average molecular weight is 546 g/mol. The van der Waals surface area contributed by atoms with E-state index in [-0.39, 0.29) is 23.0 Å². The van der Waals surface area contributed by atoms with Gasteiger partial charge in [0.2, 0.25) is 10.0 Å². The molecule has 0 saturated carbocycles. The van der Waals surface area contributed by atoms with Gasteiger partial charge in [-0.1, -0.05) is 11.3 Å². The molecule has 9 nitrogen and oxygen atoms in total. The molecule has 2 fully saturated rings. The summed E-state index contributed by atoms with van der Waals surface area (Å²) in [6.07, 6.45) is 3.47. The molecule has 11 heteroatoms. The zero-order chi connectivity index (χ0) is 26.0. The molecule has 0 bridgehead atoms. The number of methoxy groups -OCH3 is 1. The largest absolute Gasteiger partial charge is 0.497 e. The monoisotopic (exact) mass is 545 g/mol. The van der Waals surface area contributed by atoms with Crippen molar-refractivity contribution in [2.24, 2.45) is 0 Å². The van der Waals surface area contributed by atoms with Crippen LogP contribution in [0.2, 0.25) is 0 Å². The summed E-state index contributed by atoms with van der Waals surface area (Å²) in [4.78, 5) is 20.2. The maximum absolute atomic E-state index is 13.7. The van der Waals surface area contributed by atoms with Crippen molar-refractivity contribution in [2.75, 3.05) is 45.4 Å². The number of sulfonamides is 1. The van der Waals surface area contributed by atoms with Crippen molar-refractivity contribution < 1.29 is 27.4 Å². The lowest BCUT2D eigenvalue weighted by atomic mass is 10.2. The lowest BCUT2D eigenvalue weighted by Crippen LogP contribution is -2.37. The van der Waals surface area contributed by atoms with E-state index in [1.165, 1.54) is 27.8 Å². The number of aromatic nitrogens is 1. The number of thiazole rings is 1. The van der Waals surface area contributed by atoms with Crippen LogP contribution in [0.25, 0.3) is 10.2 Å². The Labute approximate surface area is 221 Å². The molecule has 2 aliphatic heterocycles. The molecule has 198 valence electrons. The topological polar surface area (TPSA) is 98.3 Å². The summed E-state index contributed by atoms with van der Waals surface area (Å²) in [5.74, 6) is 0.471. The molecule has 2 aliphatic rings. The Morgan fingerprint density at radius 2 is 1.73 bits per heavy atom. The van der Waals surface area contributed by atoms with E-state index in [1.807, 2.05) is 18.2 Å². The number of benzene rings is 2. The van der Waals surface area contributed by atoms with Crippen LogP contribution in [0.4, 0.5) is 5.13 Å². The molecular formula is C26H31N3O6S2. The van der Waals surface area contributed by atoms with Gasteiger partial charge >= 0.3 is 0 Å². The van der Waals surface area contributed by atoms with Gasteiger partial charge in [0.15, 0.2) is 5.13 Å². The molecule has 2 atom stereocenters. The van der Waals surface area contributed by atoms with Gasteiger partial charge in [0.25, 0.3) is 5.91 Å². The third-order valence-corrected chi connectivity index (χ3v) is 9.64. The van der Waals surface area contributed by atoms with E-state index in [9.17, 15) is 13.2 Å². The van der Waals surface area contributed by atoms with Crippen LogP contribution < -0.4 is 9.64 Å². The number of hydrogen-bond donors (Lipinski definition) is 0. The smallest absolute Gasteiger partial charge is 0.260 e. The fourth-order valence-corrected chi connectivity index (χ4v) is 6.86. The predicted octanol–water partition coefficient (Wildman–Crippen LogP) is 3.93. The van der Waals surface area contributed by atoms with Gasteiger partial charge in [-0.05, 0) is 68.1 Å². The first-order chi connectivity index (χ1) is 17.8. The summed E-state index contributed by atoms with van der Waals surface area (Å²) in [6.45, 7) is 2.02. The molecule has 0 radical (unpaired) electrons. The minimum Gasteiger partial charge on any atom is -0.497 e. The molecule has 1 aromatic heterocycles. The number of amides is 1. The van der Waals surface area contributed by atoms with Gasteiger partial charge in [0.05, 0.1) is 41.0 Å². The number of likely N-dealkylation sites (N-methyl/N-ethyl adjacent to an activating group) is 1. The molecule has 2 unspecified atom stereocenters. The average Bonchev–Trinajstić information content (AvgIpc) is 3.68. The van der Waals surface area contributed by atoms with E-state index in [0.717, 1.165) is 41.6 Å². The lowest BCUT2D eigenvalue weighted by Gasteiger charge is -2.23. The highest BCUT2D eigenvalue weighted by Gasteiger charge is 2.29. The van der Waals surface area contributed by atoms with Crippen molar-refractivity contribution in [3.8, 4) is 5.75 Å². The quantitative estimate of drug-likeness (QED) is 0.402. The Morgan fingerprint density at radius 3 is 2.35 bits per heavy atom. The molecule has 3 heterocycles. The second-order valence-corrected chi connectivity index (χ2v) is 12.4. The number of carbonyl (C=O) groups excluding carboxylic acids is 1. The second kappa shape index (κ2) is 11.0. The minimum absolute atomic E-state index is 0.0726. The molecular weight excluding hydrogens is 514 g/mol. The highest BCUT2D eigenvalue weighted by Crippen LogP contribution is 2.33. The van der Waals surface area contributed by atoms with Gasteiger partial charge in [-0.25, -0.2) is 13.4 Å². The van der Waals surface area contributed by atoms with Crippen LogP contribution in [-0.2, 0) is 19.5 Å². The van der Waals surface area contributed by atoms with Crippen LogP contribution in [0, 0.1) is 0 Å². The first-order valence-corrected chi connectivity index (χ1v) is 14.7. The lowest BCUT2D eigenvalue weighted by molar-refractivity contribution is 0.0917. The van der Waals surface area contributed by atoms with E-state index in [1.54, 1.807) is 31.2 Å². The van der Waals surface area contributed by atoms with E-state index < -0.39 is 10.0 Å². The Balaban J connectivity index is 1.39. The summed E-state index contributed by atoms with van der Waals surface area (Å²) in [6, 6.07) is 11.7. The Hall–Kier alpha value is -2.57. The summed E-state index contributed by atoms with van der Waals surface area (Å²) in [7, 11) is -0.529. The first kappa shape index (κ1) is 26.1. The number of carbonyl (C=O) groups is 1. The van der Waals surface area contributed by atoms with Gasteiger partial charge in [-0.15, -0.1) is 0 Å². The van der Waals surface area contributed by atoms with Crippen LogP contribution in [0.15, 0.2) is 47.4 Å². The number of rotatable bonds is 9. The SMILES string of the molecule is COc1ccc2nc(N(CC3CCCO3)C(=O)c3ccc(S(=O)(=O)N(C)CC4CCCO4)cc3)sc2c1. The standard InChI is InChI=1S/C26H31N3O6S2/c1-28(16-20-5-3-13-34-20)37(31,32)22-10-7-18(8-11-22)25(30)29(17-21-6-4-14-35-21)26-27-23-12-9-19(33-2)15-24(23)36-26/h7-12,15,20-21H,3-6,13-14,16-17H2,1-2H3. The van der Waals surface area contributed by atoms with Crippen molar-refractivity contribution >= 4 is 42.6 Å². The molecule has 2 saturated heterocycles. The van der Waals surface area contributed by atoms with E-state index >= 15 is 0 Å². The number of hydrogen-bond acceptors (Lipinski definition) is 8. The molecule has 0 aliphatic carbocycles. The van der Waals surface area contributed by atoms with Gasteiger partial charge in [-0.2, -0.15) is 4.31 Å². The van der Waals surface area contributed by atoms with Crippen molar-refractivity contribution in [1.29, 1.82) is 0 Å². The van der Waals surface area contributed by atoms with Crippen molar-refractivity contribution in [1.82, 2.24) is 9.29 Å². The maximum atomic E-state index is 13.7. The number of fused-ring (bicyclic) bond motifs is 1. The maximum Gasteiger partial charge on any atom is 0.260 e. The molecule has 37 heavy (non-hydrogen) atoms. The molecule has 0 N–H and O–H groups in total. The van der Waals surface area contributed by atoms with Crippen molar-refractivity contribution in [3.05, 3.63) is 48.0 Å². The highest BCUT2D eigenvalue weighted by atomic mass is 32.2. The highest BCUT2D eigenvalue weighted by molar-refractivity contribution is 7.89. The molecule has 1 amide bonds. The summed E-state index contributed by atoms with van der Waals surface area (Å²) >= 11 is 1.41. The summed E-state index contributed by atoms with van der Waals surface area (Å²) in [5.41, 5.74) is 1.16. The summed E-state index contributed by atoms with van der Waals surface area (Å²) in [5, 5.41) is 0.566. The zero-order valence-corrected chi connectivity index (χ0v) is 22.6. The van der Waals surface area contributed by atoms with Gasteiger partial charge in [0, 0.05) is 32.4 Å². The first-order valence-electron chi connectivity index (χ1n) is 12.4. The Morgan fingerprint density at radius 1 is 1.05 bits per heavy atom. The van der Waals surface area contributed by atoms with E-state index in [0.29, 0.717) is 37.0 Å². The van der Waals surface area contributed by atoms with Crippen LogP contribution in [0.1, 0.15) is 36.0 Å². The zero-order valence-electron chi connectivity index (χ0n) is 21.0. The minimum atomic E-state index is -3.70. The Bertz CT molecular complexity index is 1350. The van der Waals surface area contributed by atoms with Gasteiger partial charge in [0.1, 0.15) is 5.75 Å². The molecule has 2 aromatic carbocycles. The third-order valence-electron chi connectivity index (χ3n) is 6.76. The molecule has 5 rings (SSSR count). The van der Waals surface area contributed by atoms with Crippen molar-refractivity contribution in [3.63, 3.8) is 0 Å². The van der Waals surface area contributed by atoms with Crippen LogP contribution in [-0.4, -0.2) is 76.3 Å². The van der Waals surface area contributed by atoms with Crippen molar-refractivity contribution in [2.45, 2.75) is 42.8 Å².